The minimum Gasteiger partial charge on any atom is -0.347 e. The lowest BCUT2D eigenvalue weighted by Crippen LogP contribution is -2.55. The van der Waals surface area contributed by atoms with Crippen LogP contribution >= 0.6 is 35.3 Å². The van der Waals surface area contributed by atoms with Crippen molar-refractivity contribution < 1.29 is 4.79 Å². The number of nitrogens with one attached hydrogen (secondary N) is 2. The van der Waals surface area contributed by atoms with E-state index in [1.54, 1.807) is 12.1 Å². The van der Waals surface area contributed by atoms with Gasteiger partial charge in [0, 0.05) is 12.1 Å². The first-order chi connectivity index (χ1) is 8.08. The number of halogens is 2. The predicted octanol–water partition coefficient (Wildman–Crippen LogP) is 2.94. The highest BCUT2D eigenvalue weighted by Gasteiger charge is 2.29. The summed E-state index contributed by atoms with van der Waals surface area (Å²) in [6.45, 7) is 5.32. The van der Waals surface area contributed by atoms with Crippen molar-refractivity contribution >= 4 is 41.3 Å². The summed E-state index contributed by atoms with van der Waals surface area (Å²) in [6.07, 6.45) is 1.10. The molecule has 0 spiro atoms. The largest absolute Gasteiger partial charge is 0.347 e. The van der Waals surface area contributed by atoms with Crippen molar-refractivity contribution in [2.75, 3.05) is 6.54 Å². The van der Waals surface area contributed by atoms with Gasteiger partial charge < -0.3 is 10.6 Å². The van der Waals surface area contributed by atoms with Crippen LogP contribution in [0.3, 0.4) is 0 Å². The number of hydrogen-bond donors (Lipinski definition) is 2. The SMILES string of the molecule is CC1CCNC(C)C1NC(=O)c1ccc(Cl)s1.Cl. The first-order valence-electron chi connectivity index (χ1n) is 5.87. The van der Waals surface area contributed by atoms with Gasteiger partial charge >= 0.3 is 0 Å². The molecule has 1 aliphatic rings. The lowest BCUT2D eigenvalue weighted by atomic mass is 9.89. The second kappa shape index (κ2) is 6.75. The van der Waals surface area contributed by atoms with Crippen LogP contribution in [0.1, 0.15) is 29.9 Å². The quantitative estimate of drug-likeness (QED) is 0.882. The summed E-state index contributed by atoms with van der Waals surface area (Å²) in [5, 5.41) is 6.49. The molecule has 1 saturated heterocycles. The highest BCUT2D eigenvalue weighted by molar-refractivity contribution is 7.17. The van der Waals surface area contributed by atoms with E-state index in [1.807, 2.05) is 0 Å². The average molecular weight is 309 g/mol. The highest BCUT2D eigenvalue weighted by Crippen LogP contribution is 2.22. The minimum atomic E-state index is -0.0192. The zero-order valence-corrected chi connectivity index (χ0v) is 12.8. The Balaban J connectivity index is 0.00000162. The highest BCUT2D eigenvalue weighted by atomic mass is 35.5. The molecule has 1 aliphatic heterocycles. The first kappa shape index (κ1) is 15.8. The van der Waals surface area contributed by atoms with Crippen LogP contribution in [0, 0.1) is 5.92 Å². The second-order valence-electron chi connectivity index (χ2n) is 4.61. The van der Waals surface area contributed by atoms with Crippen LogP contribution in [0.2, 0.25) is 4.34 Å². The standard InChI is InChI=1S/C12H17ClN2OS.ClH/c1-7-5-6-14-8(2)11(7)15-12(16)9-3-4-10(13)17-9;/h3-4,7-8,11,14H,5-6H2,1-2H3,(H,15,16);1H. The molecule has 1 aromatic rings. The molecule has 3 nitrogen and oxygen atoms in total. The van der Waals surface area contributed by atoms with E-state index in [-0.39, 0.29) is 24.4 Å². The van der Waals surface area contributed by atoms with Crippen molar-refractivity contribution in [1.82, 2.24) is 10.6 Å². The van der Waals surface area contributed by atoms with Gasteiger partial charge in [0.2, 0.25) is 0 Å². The Morgan fingerprint density at radius 2 is 2.22 bits per heavy atom. The van der Waals surface area contributed by atoms with E-state index in [4.69, 9.17) is 11.6 Å². The molecule has 18 heavy (non-hydrogen) atoms. The summed E-state index contributed by atoms with van der Waals surface area (Å²) in [4.78, 5) is 12.7. The van der Waals surface area contributed by atoms with E-state index in [0.29, 0.717) is 21.2 Å². The van der Waals surface area contributed by atoms with E-state index in [2.05, 4.69) is 24.5 Å². The van der Waals surface area contributed by atoms with Gasteiger partial charge in [-0.1, -0.05) is 18.5 Å². The van der Waals surface area contributed by atoms with Crippen molar-refractivity contribution in [3.8, 4) is 0 Å². The summed E-state index contributed by atoms with van der Waals surface area (Å²) < 4.78 is 0.651. The van der Waals surface area contributed by atoms with Crippen LogP contribution in [0.5, 0.6) is 0 Å². The van der Waals surface area contributed by atoms with Crippen molar-refractivity contribution in [1.29, 1.82) is 0 Å². The molecule has 0 aliphatic carbocycles. The third-order valence-corrected chi connectivity index (χ3v) is 4.54. The number of carbonyl (C=O) groups is 1. The van der Waals surface area contributed by atoms with Crippen LogP contribution in [-0.2, 0) is 0 Å². The van der Waals surface area contributed by atoms with Gasteiger partial charge in [0.1, 0.15) is 0 Å². The fourth-order valence-electron chi connectivity index (χ4n) is 2.26. The molecule has 1 fully saturated rings. The molecule has 2 rings (SSSR count). The van der Waals surface area contributed by atoms with Crippen LogP contribution in [0.25, 0.3) is 0 Å². The normalized spacial score (nSPS) is 27.4. The number of rotatable bonds is 2. The summed E-state index contributed by atoms with van der Waals surface area (Å²) >= 11 is 7.15. The maximum absolute atomic E-state index is 12.0. The van der Waals surface area contributed by atoms with Gasteiger partial charge in [-0.2, -0.15) is 0 Å². The van der Waals surface area contributed by atoms with Crippen LogP contribution in [0.15, 0.2) is 12.1 Å². The average Bonchev–Trinajstić information content (AvgIpc) is 2.70. The molecular weight excluding hydrogens is 291 g/mol. The van der Waals surface area contributed by atoms with Gasteiger partial charge in [-0.25, -0.2) is 0 Å². The maximum atomic E-state index is 12.0. The zero-order chi connectivity index (χ0) is 12.4. The first-order valence-corrected chi connectivity index (χ1v) is 7.07. The fourth-order valence-corrected chi connectivity index (χ4v) is 3.21. The monoisotopic (exact) mass is 308 g/mol. The molecular formula is C12H18Cl2N2OS. The van der Waals surface area contributed by atoms with E-state index in [9.17, 15) is 4.79 Å². The molecule has 102 valence electrons. The van der Waals surface area contributed by atoms with Gasteiger partial charge in [-0.05, 0) is 37.9 Å². The zero-order valence-electron chi connectivity index (χ0n) is 10.4. The molecule has 0 radical (unpaired) electrons. The molecule has 2 N–H and O–H groups in total. The molecule has 2 heterocycles. The Hall–Kier alpha value is -0.290. The van der Waals surface area contributed by atoms with Gasteiger partial charge in [0.05, 0.1) is 9.21 Å². The van der Waals surface area contributed by atoms with Crippen LogP contribution < -0.4 is 10.6 Å². The van der Waals surface area contributed by atoms with Crippen LogP contribution in [-0.4, -0.2) is 24.5 Å². The number of piperidine rings is 1. The molecule has 1 aromatic heterocycles. The Labute approximate surface area is 123 Å². The van der Waals surface area contributed by atoms with Crippen molar-refractivity contribution in [2.24, 2.45) is 5.92 Å². The Morgan fingerprint density at radius 3 is 2.78 bits per heavy atom. The molecule has 3 atom stereocenters. The number of thiophene rings is 1. The van der Waals surface area contributed by atoms with Gasteiger partial charge in [0.25, 0.3) is 5.91 Å². The number of hydrogen-bond acceptors (Lipinski definition) is 3. The Kier molecular flexibility index (Phi) is 5.92. The fraction of sp³-hybridized carbons (Fsp3) is 0.583. The lowest BCUT2D eigenvalue weighted by Gasteiger charge is -2.35. The molecule has 0 saturated carbocycles. The predicted molar refractivity (Wildman–Crippen MR) is 79.1 cm³/mol. The van der Waals surface area contributed by atoms with Crippen molar-refractivity contribution in [3.05, 3.63) is 21.3 Å². The third-order valence-electron chi connectivity index (χ3n) is 3.31. The minimum absolute atomic E-state index is 0. The smallest absolute Gasteiger partial charge is 0.261 e. The Bertz CT molecular complexity index is 401. The van der Waals surface area contributed by atoms with E-state index in [1.165, 1.54) is 11.3 Å². The summed E-state index contributed by atoms with van der Waals surface area (Å²) in [5.74, 6) is 0.486. The van der Waals surface area contributed by atoms with E-state index >= 15 is 0 Å². The second-order valence-corrected chi connectivity index (χ2v) is 6.33. The Morgan fingerprint density at radius 1 is 1.50 bits per heavy atom. The van der Waals surface area contributed by atoms with E-state index < -0.39 is 0 Å². The van der Waals surface area contributed by atoms with Crippen molar-refractivity contribution in [2.45, 2.75) is 32.4 Å². The van der Waals surface area contributed by atoms with Crippen molar-refractivity contribution in [3.63, 3.8) is 0 Å². The van der Waals surface area contributed by atoms with Crippen LogP contribution in [0.4, 0.5) is 0 Å². The summed E-state index contributed by atoms with van der Waals surface area (Å²) in [6, 6.07) is 4.04. The van der Waals surface area contributed by atoms with E-state index in [0.717, 1.165) is 13.0 Å². The molecule has 0 bridgehead atoms. The van der Waals surface area contributed by atoms with Gasteiger partial charge in [-0.15, -0.1) is 23.7 Å². The summed E-state index contributed by atoms with van der Waals surface area (Å²) in [5.41, 5.74) is 0. The molecule has 6 heteroatoms. The topological polar surface area (TPSA) is 41.1 Å². The molecule has 0 aromatic carbocycles. The number of amides is 1. The van der Waals surface area contributed by atoms with Gasteiger partial charge in [0.15, 0.2) is 0 Å². The number of carbonyl (C=O) groups excluding carboxylic acids is 1. The molecule has 1 amide bonds. The molecule has 3 unspecified atom stereocenters. The third kappa shape index (κ3) is 3.60. The lowest BCUT2D eigenvalue weighted by molar-refractivity contribution is 0.0902. The maximum Gasteiger partial charge on any atom is 0.261 e. The van der Waals surface area contributed by atoms with Gasteiger partial charge in [-0.3, -0.25) is 4.79 Å². The summed E-state index contributed by atoms with van der Waals surface area (Å²) in [7, 11) is 0.